The second-order valence-corrected chi connectivity index (χ2v) is 6.06. The Balaban J connectivity index is 2.40. The van der Waals surface area contributed by atoms with Crippen LogP contribution in [-0.2, 0) is 4.79 Å². The van der Waals surface area contributed by atoms with E-state index >= 15 is 0 Å². The molecule has 21 heavy (non-hydrogen) atoms. The molecule has 0 aromatic heterocycles. The zero-order valence-corrected chi connectivity index (χ0v) is 13.6. The number of hydrogen-bond acceptors (Lipinski definition) is 2. The molecule has 0 heterocycles. The van der Waals surface area contributed by atoms with E-state index in [0.717, 1.165) is 4.47 Å². The summed E-state index contributed by atoms with van der Waals surface area (Å²) in [6.07, 6.45) is 0. The maximum atomic E-state index is 12.6. The third-order valence-corrected chi connectivity index (χ3v) is 3.57. The van der Waals surface area contributed by atoms with Gasteiger partial charge < -0.3 is 5.32 Å². The molecular weight excluding hydrogens is 354 g/mol. The SMILES string of the molecule is CC(Cl)C(=O)Nc1ccc(Br)cc1C(=O)c1ccccc1. The van der Waals surface area contributed by atoms with Crippen LogP contribution in [0.1, 0.15) is 22.8 Å². The van der Waals surface area contributed by atoms with Gasteiger partial charge in [-0.2, -0.15) is 0 Å². The number of benzene rings is 2. The van der Waals surface area contributed by atoms with Crippen molar-refractivity contribution in [2.24, 2.45) is 0 Å². The second kappa shape index (κ2) is 6.87. The summed E-state index contributed by atoms with van der Waals surface area (Å²) in [4.78, 5) is 24.3. The summed E-state index contributed by atoms with van der Waals surface area (Å²) < 4.78 is 0.763. The van der Waals surface area contributed by atoms with Gasteiger partial charge >= 0.3 is 0 Å². The van der Waals surface area contributed by atoms with Crippen LogP contribution in [0.2, 0.25) is 0 Å². The topological polar surface area (TPSA) is 46.2 Å². The molecule has 1 N–H and O–H groups in total. The van der Waals surface area contributed by atoms with Crippen molar-refractivity contribution in [3.8, 4) is 0 Å². The highest BCUT2D eigenvalue weighted by Crippen LogP contribution is 2.24. The van der Waals surface area contributed by atoms with E-state index < -0.39 is 5.38 Å². The number of halogens is 2. The van der Waals surface area contributed by atoms with Gasteiger partial charge in [0.2, 0.25) is 5.91 Å². The van der Waals surface area contributed by atoms with E-state index in [1.165, 1.54) is 0 Å². The third kappa shape index (κ3) is 3.93. The average Bonchev–Trinajstić information content (AvgIpc) is 2.49. The monoisotopic (exact) mass is 365 g/mol. The van der Waals surface area contributed by atoms with Crippen LogP contribution in [0.25, 0.3) is 0 Å². The predicted molar refractivity (Wildman–Crippen MR) is 88.0 cm³/mol. The van der Waals surface area contributed by atoms with E-state index in [0.29, 0.717) is 16.8 Å². The number of anilines is 1. The van der Waals surface area contributed by atoms with Crippen LogP contribution in [0.5, 0.6) is 0 Å². The van der Waals surface area contributed by atoms with Crippen LogP contribution in [-0.4, -0.2) is 17.1 Å². The van der Waals surface area contributed by atoms with Crippen molar-refractivity contribution in [3.05, 3.63) is 64.1 Å². The minimum Gasteiger partial charge on any atom is -0.324 e. The van der Waals surface area contributed by atoms with Crippen molar-refractivity contribution in [1.29, 1.82) is 0 Å². The van der Waals surface area contributed by atoms with Gasteiger partial charge in [-0.3, -0.25) is 9.59 Å². The summed E-state index contributed by atoms with van der Waals surface area (Å²) in [7, 11) is 0. The molecule has 2 rings (SSSR count). The lowest BCUT2D eigenvalue weighted by atomic mass is 10.0. The molecule has 0 spiro atoms. The predicted octanol–water partition coefficient (Wildman–Crippen LogP) is 4.25. The number of amides is 1. The van der Waals surface area contributed by atoms with Crippen LogP contribution < -0.4 is 5.32 Å². The van der Waals surface area contributed by atoms with Crippen LogP contribution in [0.15, 0.2) is 53.0 Å². The number of ketones is 1. The standard InChI is InChI=1S/C16H13BrClNO2/c1-10(18)16(21)19-14-8-7-12(17)9-13(14)15(20)11-5-3-2-4-6-11/h2-10H,1H3,(H,19,21). The second-order valence-electron chi connectivity index (χ2n) is 4.49. The summed E-state index contributed by atoms with van der Waals surface area (Å²) in [5.74, 6) is -0.504. The van der Waals surface area contributed by atoms with E-state index in [1.807, 2.05) is 6.07 Å². The zero-order valence-electron chi connectivity index (χ0n) is 11.3. The van der Waals surface area contributed by atoms with Gasteiger partial charge in [0, 0.05) is 15.6 Å². The smallest absolute Gasteiger partial charge is 0.242 e. The molecular formula is C16H13BrClNO2. The Morgan fingerprint density at radius 2 is 1.81 bits per heavy atom. The molecule has 5 heteroatoms. The summed E-state index contributed by atoms with van der Waals surface area (Å²) in [6, 6.07) is 14.0. The third-order valence-electron chi connectivity index (χ3n) is 2.88. The van der Waals surface area contributed by atoms with Gasteiger partial charge in [-0.15, -0.1) is 11.6 Å². The van der Waals surface area contributed by atoms with Gasteiger partial charge in [0.15, 0.2) is 5.78 Å². The molecule has 0 fully saturated rings. The van der Waals surface area contributed by atoms with E-state index in [9.17, 15) is 9.59 Å². The molecule has 2 aromatic rings. The summed E-state index contributed by atoms with van der Waals surface area (Å²) >= 11 is 9.09. The van der Waals surface area contributed by atoms with Crippen molar-refractivity contribution in [2.45, 2.75) is 12.3 Å². The fourth-order valence-electron chi connectivity index (χ4n) is 1.79. The number of rotatable bonds is 4. The van der Waals surface area contributed by atoms with Gasteiger partial charge in [0.25, 0.3) is 0 Å². The van der Waals surface area contributed by atoms with Gasteiger partial charge in [-0.05, 0) is 25.1 Å². The fourth-order valence-corrected chi connectivity index (χ4v) is 2.21. The minimum atomic E-state index is -0.673. The zero-order chi connectivity index (χ0) is 15.4. The normalized spacial score (nSPS) is 11.8. The Morgan fingerprint density at radius 3 is 2.43 bits per heavy atom. The number of nitrogens with one attached hydrogen (secondary N) is 1. The van der Waals surface area contributed by atoms with Crippen molar-refractivity contribution in [3.63, 3.8) is 0 Å². The van der Waals surface area contributed by atoms with Gasteiger partial charge in [0.1, 0.15) is 5.38 Å². The first-order valence-corrected chi connectivity index (χ1v) is 7.56. The minimum absolute atomic E-state index is 0.158. The van der Waals surface area contributed by atoms with Gasteiger partial charge in [-0.1, -0.05) is 46.3 Å². The Kier molecular flexibility index (Phi) is 5.15. The van der Waals surface area contributed by atoms with Crippen LogP contribution in [0.4, 0.5) is 5.69 Å². The molecule has 0 radical (unpaired) electrons. The van der Waals surface area contributed by atoms with E-state index in [2.05, 4.69) is 21.2 Å². The lowest BCUT2D eigenvalue weighted by molar-refractivity contribution is -0.115. The van der Waals surface area contributed by atoms with Gasteiger partial charge in [0.05, 0.1) is 5.69 Å². The molecule has 108 valence electrons. The molecule has 1 unspecified atom stereocenters. The number of alkyl halides is 1. The first kappa shape index (κ1) is 15.7. The van der Waals surface area contributed by atoms with Crippen LogP contribution in [0, 0.1) is 0 Å². The Morgan fingerprint density at radius 1 is 1.14 bits per heavy atom. The highest BCUT2D eigenvalue weighted by atomic mass is 79.9. The molecule has 0 aliphatic rings. The molecule has 1 amide bonds. The average molecular weight is 367 g/mol. The Bertz CT molecular complexity index is 671. The number of carbonyl (C=O) groups is 2. The molecule has 3 nitrogen and oxygen atoms in total. The fraction of sp³-hybridized carbons (Fsp3) is 0.125. The summed E-state index contributed by atoms with van der Waals surface area (Å²) in [6.45, 7) is 1.58. The summed E-state index contributed by atoms with van der Waals surface area (Å²) in [5.41, 5.74) is 1.43. The van der Waals surface area contributed by atoms with Crippen molar-refractivity contribution in [2.75, 3.05) is 5.32 Å². The highest BCUT2D eigenvalue weighted by Gasteiger charge is 2.17. The van der Waals surface area contributed by atoms with E-state index in [1.54, 1.807) is 49.4 Å². The molecule has 1 atom stereocenters. The van der Waals surface area contributed by atoms with E-state index in [4.69, 9.17) is 11.6 Å². The van der Waals surface area contributed by atoms with E-state index in [-0.39, 0.29) is 11.7 Å². The lowest BCUT2D eigenvalue weighted by Gasteiger charge is -2.12. The van der Waals surface area contributed by atoms with Crippen LogP contribution in [0.3, 0.4) is 0 Å². The van der Waals surface area contributed by atoms with Crippen molar-refractivity contribution < 1.29 is 9.59 Å². The molecule has 0 aliphatic carbocycles. The number of carbonyl (C=O) groups excluding carboxylic acids is 2. The first-order chi connectivity index (χ1) is 9.99. The number of hydrogen-bond donors (Lipinski definition) is 1. The highest BCUT2D eigenvalue weighted by molar-refractivity contribution is 9.10. The Hall–Kier alpha value is -1.65. The van der Waals surface area contributed by atoms with Crippen molar-refractivity contribution in [1.82, 2.24) is 0 Å². The van der Waals surface area contributed by atoms with Gasteiger partial charge in [-0.25, -0.2) is 0 Å². The van der Waals surface area contributed by atoms with Crippen LogP contribution >= 0.6 is 27.5 Å². The molecule has 0 saturated heterocycles. The molecule has 0 saturated carbocycles. The molecule has 0 aliphatic heterocycles. The first-order valence-electron chi connectivity index (χ1n) is 6.33. The largest absolute Gasteiger partial charge is 0.324 e. The molecule has 2 aromatic carbocycles. The molecule has 0 bridgehead atoms. The van der Waals surface area contributed by atoms with Crippen molar-refractivity contribution >= 4 is 44.9 Å². The summed E-state index contributed by atoms with van der Waals surface area (Å²) in [5, 5.41) is 2.00. The maximum Gasteiger partial charge on any atom is 0.242 e. The quantitative estimate of drug-likeness (QED) is 0.649. The lowest BCUT2D eigenvalue weighted by Crippen LogP contribution is -2.22. The maximum absolute atomic E-state index is 12.6. The Labute approximate surface area is 136 Å².